The number of allylic oxidation sites excluding steroid dienone is 1. The summed E-state index contributed by atoms with van der Waals surface area (Å²) in [6, 6.07) is 8.39. The molecule has 0 fully saturated rings. The molecule has 0 aliphatic carbocycles. The minimum atomic E-state index is -2.96. The summed E-state index contributed by atoms with van der Waals surface area (Å²) < 4.78 is 2.68. The molecule has 0 radical (unpaired) electrons. The van der Waals surface area contributed by atoms with Crippen LogP contribution < -0.4 is 4.40 Å². The van der Waals surface area contributed by atoms with Crippen molar-refractivity contribution in [1.29, 1.82) is 0 Å². The molecule has 0 amide bonds. The molecule has 0 unspecified atom stereocenters. The molecule has 0 saturated heterocycles. The predicted molar refractivity (Wildman–Crippen MR) is 79.5 cm³/mol. The van der Waals surface area contributed by atoms with E-state index >= 15 is 0 Å². The van der Waals surface area contributed by atoms with E-state index in [9.17, 15) is 0 Å². The van der Waals surface area contributed by atoms with Crippen LogP contribution >= 0.6 is 20.0 Å². The first-order valence-corrected chi connectivity index (χ1v) is 16.6. The van der Waals surface area contributed by atoms with Gasteiger partial charge in [0, 0.05) is 0 Å². The van der Waals surface area contributed by atoms with Gasteiger partial charge in [0.15, 0.2) is 0 Å². The molecular formula is C12H16Cl2GeSi. The molecule has 1 aromatic carbocycles. The van der Waals surface area contributed by atoms with Gasteiger partial charge in [-0.25, -0.2) is 0 Å². The molecule has 0 aromatic heterocycles. The van der Waals surface area contributed by atoms with Crippen LogP contribution in [0.25, 0.3) is 5.57 Å². The van der Waals surface area contributed by atoms with Crippen LogP contribution in [0.1, 0.15) is 12.5 Å². The number of hydrogen-bond acceptors (Lipinski definition) is 0. The fourth-order valence-corrected chi connectivity index (χ4v) is 27.2. The Morgan fingerprint density at radius 2 is 1.62 bits per heavy atom. The monoisotopic (exact) mass is 332 g/mol. The normalized spacial score (nSPS) is 18.9. The van der Waals surface area contributed by atoms with Crippen molar-refractivity contribution in [2.45, 2.75) is 26.6 Å². The molecule has 16 heavy (non-hydrogen) atoms. The fraction of sp³-hybridized carbons (Fsp3) is 0.333. The molecule has 2 rings (SSSR count). The van der Waals surface area contributed by atoms with E-state index in [1.807, 2.05) is 6.07 Å². The zero-order chi connectivity index (χ0) is 12.1. The Labute approximate surface area is 109 Å². The van der Waals surface area contributed by atoms with Crippen LogP contribution in [0, 0.1) is 0 Å². The minimum absolute atomic E-state index is 1.24. The Bertz CT molecular complexity index is 472. The van der Waals surface area contributed by atoms with Gasteiger partial charge in [-0.05, 0) is 0 Å². The summed E-state index contributed by atoms with van der Waals surface area (Å²) in [6.45, 7) is 9.19. The Morgan fingerprint density at radius 1 is 1.06 bits per heavy atom. The van der Waals surface area contributed by atoms with Crippen LogP contribution in [0.3, 0.4) is 0 Å². The molecule has 1 aromatic rings. The summed E-state index contributed by atoms with van der Waals surface area (Å²) in [6.07, 6.45) is 0. The van der Waals surface area contributed by atoms with E-state index in [-0.39, 0.29) is 0 Å². The SMILES string of the molecule is CC1=[C]([Si](C)(C)C)[Ge]([Cl])([Cl])[c]2ccccc21. The average molecular weight is 332 g/mol. The van der Waals surface area contributed by atoms with Gasteiger partial charge in [0.05, 0.1) is 0 Å². The third kappa shape index (κ3) is 1.82. The summed E-state index contributed by atoms with van der Waals surface area (Å²) >= 11 is -2.96. The van der Waals surface area contributed by atoms with Crippen molar-refractivity contribution < 1.29 is 0 Å². The van der Waals surface area contributed by atoms with Gasteiger partial charge < -0.3 is 0 Å². The Hall–Kier alpha value is 0.300. The van der Waals surface area contributed by atoms with Crippen molar-refractivity contribution in [3.05, 3.63) is 33.9 Å². The summed E-state index contributed by atoms with van der Waals surface area (Å²) in [5.41, 5.74) is 2.66. The molecule has 1 aliphatic heterocycles. The Morgan fingerprint density at radius 3 is 2.12 bits per heavy atom. The first-order valence-electron chi connectivity index (χ1n) is 5.46. The van der Waals surface area contributed by atoms with Gasteiger partial charge in [-0.3, -0.25) is 0 Å². The molecule has 0 bridgehead atoms. The van der Waals surface area contributed by atoms with Crippen LogP contribution in [-0.2, 0) is 0 Å². The zero-order valence-corrected chi connectivity index (χ0v) is 14.7. The van der Waals surface area contributed by atoms with Gasteiger partial charge in [-0.15, -0.1) is 0 Å². The summed E-state index contributed by atoms with van der Waals surface area (Å²) in [7, 11) is 12.1. The van der Waals surface area contributed by atoms with E-state index in [2.05, 4.69) is 44.8 Å². The summed E-state index contributed by atoms with van der Waals surface area (Å²) in [5.74, 6) is 0. The quantitative estimate of drug-likeness (QED) is 0.682. The maximum atomic E-state index is 6.77. The van der Waals surface area contributed by atoms with Gasteiger partial charge in [0.1, 0.15) is 0 Å². The molecule has 0 saturated carbocycles. The van der Waals surface area contributed by atoms with Crippen LogP contribution in [0.5, 0.6) is 0 Å². The molecule has 1 aliphatic rings. The van der Waals surface area contributed by atoms with Crippen molar-refractivity contribution in [2.75, 3.05) is 0 Å². The standard InChI is InChI=1S/C12H16Cl2GeSi/c1-9-10-7-5-6-8-11(10)15(13,14)12(9)16(2,3)4/h5-8H,1-4H3. The second kappa shape index (κ2) is 3.91. The Balaban J connectivity index is 2.72. The van der Waals surface area contributed by atoms with Crippen molar-refractivity contribution >= 4 is 49.5 Å². The van der Waals surface area contributed by atoms with E-state index in [0.717, 1.165) is 0 Å². The van der Waals surface area contributed by atoms with Gasteiger partial charge in [-0.2, -0.15) is 0 Å². The average Bonchev–Trinajstić information content (AvgIpc) is 2.34. The van der Waals surface area contributed by atoms with Crippen molar-refractivity contribution in [2.24, 2.45) is 0 Å². The van der Waals surface area contributed by atoms with E-state index in [0.29, 0.717) is 0 Å². The van der Waals surface area contributed by atoms with Crippen LogP contribution in [0.4, 0.5) is 0 Å². The zero-order valence-electron chi connectivity index (χ0n) is 10.1. The molecular weight excluding hydrogens is 316 g/mol. The number of halogens is 2. The number of fused-ring (bicyclic) bond motifs is 1. The van der Waals surface area contributed by atoms with Crippen molar-refractivity contribution in [1.82, 2.24) is 0 Å². The first kappa shape index (κ1) is 12.7. The maximum absolute atomic E-state index is 6.77. The predicted octanol–water partition coefficient (Wildman–Crippen LogP) is 4.02. The van der Waals surface area contributed by atoms with Crippen molar-refractivity contribution in [3.8, 4) is 0 Å². The van der Waals surface area contributed by atoms with Gasteiger partial charge >= 0.3 is 110 Å². The van der Waals surface area contributed by atoms with E-state index in [1.165, 1.54) is 19.6 Å². The molecule has 0 atom stereocenters. The number of rotatable bonds is 1. The van der Waals surface area contributed by atoms with E-state index < -0.39 is 19.5 Å². The number of hydrogen-bond donors (Lipinski definition) is 0. The fourth-order valence-electron chi connectivity index (χ4n) is 2.62. The van der Waals surface area contributed by atoms with Gasteiger partial charge in [0.25, 0.3) is 0 Å². The topological polar surface area (TPSA) is 0 Å². The van der Waals surface area contributed by atoms with E-state index in [1.54, 1.807) is 0 Å². The molecule has 0 spiro atoms. The number of benzene rings is 1. The first-order chi connectivity index (χ1) is 7.26. The Kier molecular flexibility index (Phi) is 3.11. The van der Waals surface area contributed by atoms with Crippen LogP contribution in [-0.4, -0.2) is 19.5 Å². The molecule has 0 N–H and O–H groups in total. The molecule has 86 valence electrons. The van der Waals surface area contributed by atoms with Crippen LogP contribution in [0.15, 0.2) is 28.3 Å². The second-order valence-electron chi connectivity index (χ2n) is 5.37. The summed E-state index contributed by atoms with van der Waals surface area (Å²) in [4.78, 5) is 0. The third-order valence-electron chi connectivity index (χ3n) is 3.11. The molecule has 4 heteroatoms. The molecule has 1 heterocycles. The van der Waals surface area contributed by atoms with Crippen LogP contribution in [0.2, 0.25) is 19.6 Å². The van der Waals surface area contributed by atoms with Crippen molar-refractivity contribution in [3.63, 3.8) is 0 Å². The third-order valence-corrected chi connectivity index (χ3v) is 21.8. The molecule has 0 nitrogen and oxygen atoms in total. The van der Waals surface area contributed by atoms with Gasteiger partial charge in [-0.1, -0.05) is 0 Å². The second-order valence-corrected chi connectivity index (χ2v) is 22.9. The summed E-state index contributed by atoms with van der Waals surface area (Å²) in [5, 5.41) is 0. The van der Waals surface area contributed by atoms with Gasteiger partial charge in [0.2, 0.25) is 0 Å². The van der Waals surface area contributed by atoms with E-state index in [4.69, 9.17) is 20.0 Å².